The summed E-state index contributed by atoms with van der Waals surface area (Å²) in [7, 11) is 0. The Bertz CT molecular complexity index is 1690. The minimum Gasteiger partial charge on any atom is -0.480 e. The van der Waals surface area contributed by atoms with Gasteiger partial charge in [0, 0.05) is 43.4 Å². The van der Waals surface area contributed by atoms with Gasteiger partial charge in [-0.1, -0.05) is 90.7 Å². The van der Waals surface area contributed by atoms with E-state index in [1.165, 1.54) is 65.2 Å². The Morgan fingerprint density at radius 1 is 0.547 bits per heavy atom. The Kier molecular flexibility index (Phi) is 32.2. The molecular formula is C50H82N4O8S2. The van der Waals surface area contributed by atoms with Crippen LogP contribution in [0.25, 0.3) is 0 Å². The third-order valence-electron chi connectivity index (χ3n) is 10.4. The van der Waals surface area contributed by atoms with Crippen LogP contribution in [0.1, 0.15) is 147 Å². The largest absolute Gasteiger partial charge is 0.480 e. The fourth-order valence-electron chi connectivity index (χ4n) is 6.49. The Balaban J connectivity index is 5.20. The molecule has 0 aromatic carbocycles. The molecule has 14 heteroatoms. The average molecular weight is 931 g/mol. The van der Waals surface area contributed by atoms with E-state index in [0.29, 0.717) is 24.3 Å². The average Bonchev–Trinajstić information content (AvgIpc) is 3.19. The smallest absolute Gasteiger partial charge is 0.327 e. The summed E-state index contributed by atoms with van der Waals surface area (Å²) >= 11 is 2.88. The lowest BCUT2D eigenvalue weighted by atomic mass is 10.00. The van der Waals surface area contributed by atoms with Crippen LogP contribution in [0.3, 0.4) is 0 Å². The predicted molar refractivity (Wildman–Crippen MR) is 267 cm³/mol. The topological polar surface area (TPSA) is 182 Å². The van der Waals surface area contributed by atoms with Gasteiger partial charge in [-0.15, -0.1) is 0 Å². The molecule has 0 aliphatic carbocycles. The number of nitrogens with one attached hydrogen (secondary N) is 3. The van der Waals surface area contributed by atoms with Crippen molar-refractivity contribution in [2.75, 3.05) is 29.6 Å². The van der Waals surface area contributed by atoms with Crippen molar-refractivity contribution in [2.24, 2.45) is 5.92 Å². The molecule has 0 rings (SSSR count). The minimum atomic E-state index is -1.12. The molecule has 0 radical (unpaired) electrons. The van der Waals surface area contributed by atoms with Crippen molar-refractivity contribution in [2.45, 2.75) is 171 Å². The Labute approximate surface area is 394 Å². The first-order chi connectivity index (χ1) is 30.1. The van der Waals surface area contributed by atoms with Gasteiger partial charge in [0.15, 0.2) is 0 Å². The van der Waals surface area contributed by atoms with Crippen molar-refractivity contribution in [3.8, 4) is 0 Å². The van der Waals surface area contributed by atoms with Crippen LogP contribution in [0.5, 0.6) is 0 Å². The van der Waals surface area contributed by atoms with E-state index in [-0.39, 0.29) is 35.8 Å². The zero-order chi connectivity index (χ0) is 48.8. The van der Waals surface area contributed by atoms with E-state index < -0.39 is 47.9 Å². The highest BCUT2D eigenvalue weighted by molar-refractivity contribution is 7.99. The zero-order valence-corrected chi connectivity index (χ0v) is 42.7. The molecule has 0 heterocycles. The third-order valence-corrected chi connectivity index (χ3v) is 12.3. The Morgan fingerprint density at radius 2 is 0.953 bits per heavy atom. The van der Waals surface area contributed by atoms with Crippen molar-refractivity contribution >= 4 is 59.1 Å². The van der Waals surface area contributed by atoms with E-state index in [1.807, 2.05) is 27.7 Å². The number of amides is 4. The van der Waals surface area contributed by atoms with Gasteiger partial charge in [0.2, 0.25) is 23.6 Å². The lowest BCUT2D eigenvalue weighted by Gasteiger charge is -2.32. The first-order valence-electron chi connectivity index (χ1n) is 22.7. The van der Waals surface area contributed by atoms with Crippen molar-refractivity contribution in [3.05, 3.63) is 69.9 Å². The van der Waals surface area contributed by atoms with Crippen LogP contribution in [0.15, 0.2) is 69.9 Å². The summed E-state index contributed by atoms with van der Waals surface area (Å²) in [6.45, 7) is 23.3. The molecular weight excluding hydrogens is 849 g/mol. The summed E-state index contributed by atoms with van der Waals surface area (Å²) in [5, 5.41) is 27.4. The summed E-state index contributed by atoms with van der Waals surface area (Å²) < 4.78 is 0. The zero-order valence-electron chi connectivity index (χ0n) is 41.1. The highest BCUT2D eigenvalue weighted by Crippen LogP contribution is 2.19. The number of carboxylic acid groups (broad SMARTS) is 2. The maximum absolute atomic E-state index is 13.7. The molecule has 4 amide bonds. The van der Waals surface area contributed by atoms with Gasteiger partial charge in [0.1, 0.15) is 24.2 Å². The van der Waals surface area contributed by atoms with Crippen molar-refractivity contribution in [3.63, 3.8) is 0 Å². The van der Waals surface area contributed by atoms with Crippen molar-refractivity contribution < 1.29 is 39.0 Å². The SMILES string of the molecule is CCC(NC(C)=O)C(=O)N[C@@H](CSC/C=C(\C)CC/C=C(\C)CC/C=C(\C)CN(C(C)=O)C(CC(C)C)C(=O)N[C@@H](CSC/C=C(\C)CC/C=C(\C)CCC=C(C)C)C(=O)O)C(=O)O. The molecule has 64 heavy (non-hydrogen) atoms. The Morgan fingerprint density at radius 3 is 1.33 bits per heavy atom. The summed E-state index contributed by atoms with van der Waals surface area (Å²) in [5.41, 5.74) is 7.33. The van der Waals surface area contributed by atoms with E-state index in [2.05, 4.69) is 87.0 Å². The second-order valence-corrected chi connectivity index (χ2v) is 19.7. The molecule has 0 spiro atoms. The molecule has 0 aliphatic rings. The van der Waals surface area contributed by atoms with Crippen LogP contribution in [-0.4, -0.2) is 104 Å². The predicted octanol–water partition coefficient (Wildman–Crippen LogP) is 9.59. The number of aliphatic carboxylic acids is 2. The van der Waals surface area contributed by atoms with Crippen molar-refractivity contribution in [1.82, 2.24) is 20.9 Å². The lowest BCUT2D eigenvalue weighted by molar-refractivity contribution is -0.144. The lowest BCUT2D eigenvalue weighted by Crippen LogP contribution is -2.54. The first-order valence-corrected chi connectivity index (χ1v) is 25.1. The van der Waals surface area contributed by atoms with E-state index in [9.17, 15) is 39.0 Å². The van der Waals surface area contributed by atoms with E-state index in [1.54, 1.807) is 11.8 Å². The maximum Gasteiger partial charge on any atom is 0.327 e. The number of carbonyl (C=O) groups is 6. The van der Waals surface area contributed by atoms with Crippen LogP contribution >= 0.6 is 23.5 Å². The number of carboxylic acids is 2. The molecule has 0 saturated heterocycles. The quantitative estimate of drug-likeness (QED) is 0.0314. The van der Waals surface area contributed by atoms with Crippen LogP contribution < -0.4 is 16.0 Å². The molecule has 12 nitrogen and oxygen atoms in total. The minimum absolute atomic E-state index is 0.0916. The van der Waals surface area contributed by atoms with Crippen LogP contribution in [0.4, 0.5) is 0 Å². The standard InChI is InChI=1S/C50H82N4O8S2/c1-13-43(51-41(11)55)47(57)52-44(49(59)60)32-63-28-26-39(9)24-16-21-37(7)22-17-25-40(10)31-54(42(12)56)46(30-35(4)5)48(58)53-45(50(61)62)33-64-29-27-38(8)23-15-20-36(6)19-14-18-34(2)3/h18,20-21,25-27,35,43-46H,13-17,19,22-24,28-33H2,1-12H3,(H,51,55)(H,52,57)(H,53,58)(H,59,60)(H,61,62)/b36-20+,37-21+,38-27+,39-26+,40-25+/t43?,44-,45-,46?/m0/s1. The maximum atomic E-state index is 13.7. The van der Waals surface area contributed by atoms with Gasteiger partial charge in [-0.25, -0.2) is 9.59 Å². The van der Waals surface area contributed by atoms with Gasteiger partial charge in [-0.2, -0.15) is 23.5 Å². The van der Waals surface area contributed by atoms with E-state index >= 15 is 0 Å². The van der Waals surface area contributed by atoms with Crippen LogP contribution in [0, 0.1) is 5.92 Å². The highest BCUT2D eigenvalue weighted by atomic mass is 32.2. The van der Waals surface area contributed by atoms with Gasteiger partial charge in [-0.05, 0) is 119 Å². The molecule has 0 aromatic rings. The molecule has 0 aliphatic heterocycles. The number of nitrogens with zero attached hydrogens (tertiary/aromatic N) is 1. The number of allylic oxidation sites excluding steroid dienone is 9. The molecule has 4 atom stereocenters. The molecule has 0 fully saturated rings. The first kappa shape index (κ1) is 60.0. The molecule has 0 saturated carbocycles. The van der Waals surface area contributed by atoms with Gasteiger partial charge >= 0.3 is 11.9 Å². The molecule has 0 bridgehead atoms. The fraction of sp³-hybridized carbons (Fsp3) is 0.640. The number of rotatable bonds is 33. The van der Waals surface area contributed by atoms with Crippen LogP contribution in [-0.2, 0) is 28.8 Å². The third kappa shape index (κ3) is 29.4. The summed E-state index contributed by atoms with van der Waals surface area (Å²) in [4.78, 5) is 76.1. The van der Waals surface area contributed by atoms with Crippen LogP contribution in [0.2, 0.25) is 0 Å². The summed E-state index contributed by atoms with van der Waals surface area (Å²) in [6.07, 6.45) is 21.1. The van der Waals surface area contributed by atoms with Crippen molar-refractivity contribution in [1.29, 1.82) is 0 Å². The number of hydrogen-bond acceptors (Lipinski definition) is 8. The Hall–Kier alpha value is -4.04. The normalized spacial score (nSPS) is 14.6. The molecule has 5 N–H and O–H groups in total. The van der Waals surface area contributed by atoms with Gasteiger partial charge in [0.25, 0.3) is 0 Å². The highest BCUT2D eigenvalue weighted by Gasteiger charge is 2.32. The second kappa shape index (κ2) is 34.3. The molecule has 362 valence electrons. The number of carbonyl (C=O) groups excluding carboxylic acids is 4. The molecule has 0 aromatic heterocycles. The molecule has 2 unspecified atom stereocenters. The number of thioether (sulfide) groups is 2. The van der Waals surface area contributed by atoms with E-state index in [4.69, 9.17) is 0 Å². The second-order valence-electron chi connectivity index (χ2n) is 17.5. The summed E-state index contributed by atoms with van der Waals surface area (Å²) in [5.74, 6) is -2.05. The monoisotopic (exact) mass is 931 g/mol. The summed E-state index contributed by atoms with van der Waals surface area (Å²) in [6, 6.07) is -3.73. The van der Waals surface area contributed by atoms with Gasteiger partial charge in [-0.3, -0.25) is 19.2 Å². The fourth-order valence-corrected chi connectivity index (χ4v) is 8.49. The van der Waals surface area contributed by atoms with E-state index in [0.717, 1.165) is 56.9 Å². The van der Waals surface area contributed by atoms with Gasteiger partial charge < -0.3 is 31.1 Å². The van der Waals surface area contributed by atoms with Gasteiger partial charge in [0.05, 0.1) is 0 Å². The number of hydrogen-bond donors (Lipinski definition) is 5.